The van der Waals surface area contributed by atoms with Crippen molar-refractivity contribution < 1.29 is 8.42 Å². The van der Waals surface area contributed by atoms with Crippen molar-refractivity contribution in [1.82, 2.24) is 15.4 Å². The number of primary sulfonamides is 1. The molecule has 0 aliphatic rings. The fourth-order valence-electron chi connectivity index (χ4n) is 0.777. The molecular weight excluding hydrogens is 216 g/mol. The third-order valence-corrected chi connectivity index (χ3v) is 2.33. The summed E-state index contributed by atoms with van der Waals surface area (Å²) in [6.07, 6.45) is 3.24. The molecular formula is C8H10N4O2S. The summed E-state index contributed by atoms with van der Waals surface area (Å²) in [6, 6.07) is 7.89. The molecule has 0 fully saturated rings. The quantitative estimate of drug-likeness (QED) is 0.721. The van der Waals surface area contributed by atoms with Crippen LogP contribution in [-0.4, -0.2) is 23.8 Å². The number of hydrogen-bond donors (Lipinski definition) is 2. The molecule has 1 heterocycles. The van der Waals surface area contributed by atoms with Crippen LogP contribution < -0.4 is 5.14 Å². The van der Waals surface area contributed by atoms with Gasteiger partial charge in [0.25, 0.3) is 0 Å². The van der Waals surface area contributed by atoms with Gasteiger partial charge in [-0.15, -0.1) is 5.10 Å². The summed E-state index contributed by atoms with van der Waals surface area (Å²) in [5, 5.41) is 14.1. The molecule has 0 spiro atoms. The van der Waals surface area contributed by atoms with Crippen molar-refractivity contribution in [3.05, 3.63) is 42.7 Å². The van der Waals surface area contributed by atoms with Gasteiger partial charge in [0.15, 0.2) is 0 Å². The van der Waals surface area contributed by atoms with Crippen molar-refractivity contribution in [2.45, 2.75) is 4.90 Å². The Morgan fingerprint density at radius 3 is 2.13 bits per heavy atom. The highest BCUT2D eigenvalue weighted by Gasteiger charge is 2.03. The van der Waals surface area contributed by atoms with Gasteiger partial charge in [0.1, 0.15) is 0 Å². The Labute approximate surface area is 87.2 Å². The highest BCUT2D eigenvalue weighted by atomic mass is 32.2. The van der Waals surface area contributed by atoms with Crippen LogP contribution in [0.4, 0.5) is 0 Å². The number of sulfonamides is 1. The lowest BCUT2D eigenvalue weighted by Gasteiger charge is -1.93. The number of nitrogens with two attached hydrogens (primary N) is 1. The van der Waals surface area contributed by atoms with Crippen molar-refractivity contribution in [3.8, 4) is 0 Å². The number of nitrogens with one attached hydrogen (secondary N) is 1. The summed E-state index contributed by atoms with van der Waals surface area (Å²) in [4.78, 5) is 0.148. The second kappa shape index (κ2) is 5.23. The molecule has 6 nitrogen and oxygen atoms in total. The number of benzene rings is 1. The van der Waals surface area contributed by atoms with E-state index in [0.29, 0.717) is 0 Å². The first kappa shape index (κ1) is 11.3. The molecule has 7 heteroatoms. The molecule has 2 aromatic rings. The lowest BCUT2D eigenvalue weighted by Crippen LogP contribution is -2.11. The van der Waals surface area contributed by atoms with E-state index >= 15 is 0 Å². The van der Waals surface area contributed by atoms with Gasteiger partial charge in [-0.25, -0.2) is 13.6 Å². The van der Waals surface area contributed by atoms with E-state index in [9.17, 15) is 8.42 Å². The molecule has 0 radical (unpaired) electrons. The largest absolute Gasteiger partial charge is 0.266 e. The topological polar surface area (TPSA) is 102 Å². The van der Waals surface area contributed by atoms with Crippen LogP contribution in [0, 0.1) is 0 Å². The zero-order chi connectivity index (χ0) is 11.1. The van der Waals surface area contributed by atoms with E-state index in [0.717, 1.165) is 0 Å². The predicted molar refractivity (Wildman–Crippen MR) is 54.2 cm³/mol. The van der Waals surface area contributed by atoms with Gasteiger partial charge in [0, 0.05) is 6.20 Å². The van der Waals surface area contributed by atoms with E-state index in [2.05, 4.69) is 15.4 Å². The maximum absolute atomic E-state index is 10.6. The van der Waals surface area contributed by atoms with E-state index in [1.54, 1.807) is 30.6 Å². The van der Waals surface area contributed by atoms with Crippen LogP contribution in [0.3, 0.4) is 0 Å². The summed E-state index contributed by atoms with van der Waals surface area (Å²) < 4.78 is 21.2. The Morgan fingerprint density at radius 2 is 1.87 bits per heavy atom. The highest BCUT2D eigenvalue weighted by Crippen LogP contribution is 2.02. The average Bonchev–Trinajstić information content (AvgIpc) is 2.76. The van der Waals surface area contributed by atoms with E-state index in [4.69, 9.17) is 5.14 Å². The van der Waals surface area contributed by atoms with Crippen LogP contribution in [0.25, 0.3) is 0 Å². The second-order valence-electron chi connectivity index (χ2n) is 2.52. The zero-order valence-corrected chi connectivity index (χ0v) is 8.55. The summed E-state index contributed by atoms with van der Waals surface area (Å²) in [7, 11) is -3.50. The van der Waals surface area contributed by atoms with Gasteiger partial charge in [0.2, 0.25) is 10.0 Å². The van der Waals surface area contributed by atoms with Crippen molar-refractivity contribution in [2.75, 3.05) is 0 Å². The molecule has 0 bridgehead atoms. The normalized spacial score (nSPS) is 10.2. The number of aromatic nitrogens is 3. The average molecular weight is 226 g/mol. The molecule has 2 rings (SSSR count). The number of hydrogen-bond acceptors (Lipinski definition) is 4. The van der Waals surface area contributed by atoms with Gasteiger partial charge >= 0.3 is 0 Å². The smallest absolute Gasteiger partial charge is 0.238 e. The third-order valence-electron chi connectivity index (χ3n) is 1.40. The van der Waals surface area contributed by atoms with Crippen LogP contribution >= 0.6 is 0 Å². The minimum atomic E-state index is -3.50. The highest BCUT2D eigenvalue weighted by molar-refractivity contribution is 7.89. The molecule has 15 heavy (non-hydrogen) atoms. The Morgan fingerprint density at radius 1 is 1.20 bits per heavy atom. The Hall–Kier alpha value is -1.73. The Bertz CT molecular complexity index is 449. The molecule has 1 aromatic heterocycles. The summed E-state index contributed by atoms with van der Waals surface area (Å²) in [5.41, 5.74) is 0. The van der Waals surface area contributed by atoms with Gasteiger partial charge in [0.05, 0.1) is 11.1 Å². The van der Waals surface area contributed by atoms with Crippen LogP contribution in [0.1, 0.15) is 0 Å². The molecule has 0 saturated carbocycles. The first-order chi connectivity index (χ1) is 7.11. The number of H-pyrrole nitrogens is 1. The fourth-order valence-corrected chi connectivity index (χ4v) is 1.31. The van der Waals surface area contributed by atoms with Gasteiger partial charge in [-0.05, 0) is 12.1 Å². The summed E-state index contributed by atoms with van der Waals surface area (Å²) in [5.74, 6) is 0. The minimum absolute atomic E-state index is 0.148. The second-order valence-corrected chi connectivity index (χ2v) is 4.08. The lowest BCUT2D eigenvalue weighted by atomic mass is 10.4. The maximum atomic E-state index is 10.6. The first-order valence-electron chi connectivity index (χ1n) is 3.99. The third kappa shape index (κ3) is 4.34. The molecule has 0 unspecified atom stereocenters. The van der Waals surface area contributed by atoms with Gasteiger partial charge in [-0.3, -0.25) is 5.10 Å². The number of nitrogens with zero attached hydrogens (tertiary/aromatic N) is 2. The Balaban J connectivity index is 0.000000187. The number of aromatic amines is 1. The van der Waals surface area contributed by atoms with Gasteiger partial charge < -0.3 is 0 Å². The zero-order valence-electron chi connectivity index (χ0n) is 7.74. The Kier molecular flexibility index (Phi) is 3.95. The summed E-state index contributed by atoms with van der Waals surface area (Å²) in [6.45, 7) is 0. The van der Waals surface area contributed by atoms with E-state index in [-0.39, 0.29) is 4.90 Å². The molecule has 0 aliphatic heterocycles. The number of rotatable bonds is 1. The molecule has 80 valence electrons. The minimum Gasteiger partial charge on any atom is -0.266 e. The van der Waals surface area contributed by atoms with Gasteiger partial charge in [-0.1, -0.05) is 23.4 Å². The van der Waals surface area contributed by atoms with E-state index in [1.165, 1.54) is 12.1 Å². The predicted octanol–water partition coefficient (Wildman–Crippen LogP) is 0.139. The van der Waals surface area contributed by atoms with Crippen molar-refractivity contribution in [3.63, 3.8) is 0 Å². The van der Waals surface area contributed by atoms with Crippen LogP contribution in [0.15, 0.2) is 47.6 Å². The first-order valence-corrected chi connectivity index (χ1v) is 5.53. The van der Waals surface area contributed by atoms with Gasteiger partial charge in [-0.2, -0.15) is 0 Å². The van der Waals surface area contributed by atoms with E-state index < -0.39 is 10.0 Å². The van der Waals surface area contributed by atoms with Crippen LogP contribution in [0.5, 0.6) is 0 Å². The lowest BCUT2D eigenvalue weighted by molar-refractivity contribution is 0.598. The van der Waals surface area contributed by atoms with Crippen LogP contribution in [-0.2, 0) is 10.0 Å². The van der Waals surface area contributed by atoms with Crippen molar-refractivity contribution in [2.24, 2.45) is 5.14 Å². The molecule has 3 N–H and O–H groups in total. The van der Waals surface area contributed by atoms with Crippen molar-refractivity contribution in [1.29, 1.82) is 0 Å². The monoisotopic (exact) mass is 226 g/mol. The van der Waals surface area contributed by atoms with Crippen LogP contribution in [0.2, 0.25) is 0 Å². The van der Waals surface area contributed by atoms with Crippen molar-refractivity contribution >= 4 is 10.0 Å². The SMILES string of the molecule is NS(=O)(=O)c1ccccc1.c1c[nH]nn1. The summed E-state index contributed by atoms with van der Waals surface area (Å²) >= 11 is 0. The molecule has 0 amide bonds. The molecule has 0 aliphatic carbocycles. The standard InChI is InChI=1S/C6H7NO2S.C2H3N3/c7-10(8,9)6-4-2-1-3-5-6;1-2-4-5-3-1/h1-5H,(H2,7,8,9);1-2H,(H,3,4,5). The molecule has 0 atom stereocenters. The maximum Gasteiger partial charge on any atom is 0.238 e. The fraction of sp³-hybridized carbons (Fsp3) is 0. The molecule has 0 saturated heterocycles. The van der Waals surface area contributed by atoms with E-state index in [1.807, 2.05) is 0 Å². The molecule has 1 aromatic carbocycles.